The lowest BCUT2D eigenvalue weighted by Gasteiger charge is -2.14. The number of sulfonamides is 1. The number of hydrogen-bond donors (Lipinski definition) is 1. The molecule has 1 fully saturated rings. The number of nitrogens with one attached hydrogen (secondary N) is 1. The van der Waals surface area contributed by atoms with Crippen molar-refractivity contribution in [2.75, 3.05) is 0 Å². The van der Waals surface area contributed by atoms with Crippen LogP contribution in [0.3, 0.4) is 0 Å². The first-order valence-corrected chi connectivity index (χ1v) is 8.40. The molecule has 1 aliphatic carbocycles. The minimum atomic E-state index is -3.61. The van der Waals surface area contributed by atoms with E-state index in [0.29, 0.717) is 5.92 Å². The number of nitrogens with zero attached hydrogens (tertiary/aromatic N) is 1. The third kappa shape index (κ3) is 2.72. The molecule has 3 rings (SSSR count). The average molecular weight is 298 g/mol. The summed E-state index contributed by atoms with van der Waals surface area (Å²) in [5.74, 6) is 0.343. The molecule has 1 unspecified atom stereocenters. The molecule has 1 aliphatic rings. The number of rotatable bonds is 5. The van der Waals surface area contributed by atoms with E-state index in [1.807, 2.05) is 12.3 Å². The second kappa shape index (κ2) is 4.73. The van der Waals surface area contributed by atoms with Crippen LogP contribution >= 0.6 is 11.3 Å². The Morgan fingerprint density at radius 1 is 1.53 bits per heavy atom. The first-order valence-electron chi connectivity index (χ1n) is 6.04. The van der Waals surface area contributed by atoms with Crippen LogP contribution in [0.5, 0.6) is 0 Å². The molecule has 2 aromatic heterocycles. The van der Waals surface area contributed by atoms with Gasteiger partial charge >= 0.3 is 0 Å². The summed E-state index contributed by atoms with van der Waals surface area (Å²) in [7, 11) is -3.61. The predicted molar refractivity (Wildman–Crippen MR) is 71.3 cm³/mol. The van der Waals surface area contributed by atoms with E-state index in [9.17, 15) is 8.42 Å². The Bertz CT molecular complexity index is 657. The molecule has 19 heavy (non-hydrogen) atoms. The van der Waals surface area contributed by atoms with Gasteiger partial charge in [-0.05, 0) is 37.8 Å². The largest absolute Gasteiger partial charge is 0.452 e. The number of hydrogen-bond acceptors (Lipinski definition) is 5. The Balaban J connectivity index is 1.87. The quantitative estimate of drug-likeness (QED) is 0.920. The van der Waals surface area contributed by atoms with Crippen LogP contribution in [0.1, 0.15) is 29.6 Å². The Kier molecular flexibility index (Phi) is 3.20. The number of furan rings is 1. The van der Waals surface area contributed by atoms with Gasteiger partial charge in [0.05, 0.1) is 12.3 Å². The zero-order chi connectivity index (χ0) is 13.5. The molecule has 0 bridgehead atoms. The standard InChI is InChI=1S/C12H14N2O3S2/c1-8-7-18-12(13-8)11(9-4-5-9)14-19(15,16)10-3-2-6-17-10/h2-3,6-7,9,11,14H,4-5H2,1H3. The van der Waals surface area contributed by atoms with E-state index in [-0.39, 0.29) is 11.1 Å². The molecule has 1 atom stereocenters. The highest BCUT2D eigenvalue weighted by atomic mass is 32.2. The van der Waals surface area contributed by atoms with Gasteiger partial charge in [0.25, 0.3) is 10.0 Å². The minimum Gasteiger partial charge on any atom is -0.452 e. The van der Waals surface area contributed by atoms with Gasteiger partial charge in [0.1, 0.15) is 5.01 Å². The van der Waals surface area contributed by atoms with Crippen molar-refractivity contribution in [2.45, 2.75) is 30.9 Å². The minimum absolute atomic E-state index is 0.0496. The van der Waals surface area contributed by atoms with Gasteiger partial charge in [0.2, 0.25) is 5.09 Å². The maximum atomic E-state index is 12.2. The van der Waals surface area contributed by atoms with Crippen molar-refractivity contribution >= 4 is 21.4 Å². The molecule has 102 valence electrons. The lowest BCUT2D eigenvalue weighted by atomic mass is 10.2. The first kappa shape index (κ1) is 12.8. The van der Waals surface area contributed by atoms with E-state index in [4.69, 9.17) is 4.42 Å². The summed E-state index contributed by atoms with van der Waals surface area (Å²) in [6.07, 6.45) is 3.42. The first-order chi connectivity index (χ1) is 9.06. The van der Waals surface area contributed by atoms with Crippen LogP contribution in [0.15, 0.2) is 33.3 Å². The van der Waals surface area contributed by atoms with E-state index in [2.05, 4.69) is 9.71 Å². The molecular weight excluding hydrogens is 284 g/mol. The van der Waals surface area contributed by atoms with Crippen molar-refractivity contribution in [3.8, 4) is 0 Å². The topological polar surface area (TPSA) is 72.2 Å². The Morgan fingerprint density at radius 3 is 2.84 bits per heavy atom. The van der Waals surface area contributed by atoms with Crippen LogP contribution in [-0.4, -0.2) is 13.4 Å². The lowest BCUT2D eigenvalue weighted by molar-refractivity contribution is 0.437. The fourth-order valence-corrected chi connectivity index (χ4v) is 4.14. The van der Waals surface area contributed by atoms with Gasteiger partial charge in [-0.15, -0.1) is 11.3 Å². The van der Waals surface area contributed by atoms with Gasteiger partial charge in [-0.2, -0.15) is 4.72 Å². The molecule has 1 N–H and O–H groups in total. The summed E-state index contributed by atoms with van der Waals surface area (Å²) < 4.78 is 32.1. The van der Waals surface area contributed by atoms with Crippen molar-refractivity contribution in [1.82, 2.24) is 9.71 Å². The van der Waals surface area contributed by atoms with E-state index in [0.717, 1.165) is 23.5 Å². The highest BCUT2D eigenvalue weighted by Crippen LogP contribution is 2.42. The van der Waals surface area contributed by atoms with Gasteiger partial charge in [0, 0.05) is 11.1 Å². The maximum absolute atomic E-state index is 12.2. The molecule has 2 heterocycles. The number of aryl methyl sites for hydroxylation is 1. The second-order valence-electron chi connectivity index (χ2n) is 4.70. The van der Waals surface area contributed by atoms with Crippen LogP contribution in [0.4, 0.5) is 0 Å². The zero-order valence-electron chi connectivity index (χ0n) is 10.4. The van der Waals surface area contributed by atoms with E-state index < -0.39 is 10.0 Å². The van der Waals surface area contributed by atoms with Gasteiger partial charge in [-0.3, -0.25) is 0 Å². The molecule has 2 aromatic rings. The van der Waals surface area contributed by atoms with Crippen LogP contribution < -0.4 is 4.72 Å². The maximum Gasteiger partial charge on any atom is 0.274 e. The Labute approximate surface area is 115 Å². The summed E-state index contributed by atoms with van der Waals surface area (Å²) in [5, 5.41) is 2.72. The van der Waals surface area contributed by atoms with E-state index >= 15 is 0 Å². The van der Waals surface area contributed by atoms with Gasteiger partial charge in [-0.25, -0.2) is 13.4 Å². The number of thiazole rings is 1. The lowest BCUT2D eigenvalue weighted by Crippen LogP contribution is -2.29. The highest BCUT2D eigenvalue weighted by Gasteiger charge is 2.37. The predicted octanol–water partition coefficient (Wildman–Crippen LogP) is 2.47. The van der Waals surface area contributed by atoms with Gasteiger partial charge < -0.3 is 4.42 Å². The zero-order valence-corrected chi connectivity index (χ0v) is 12.0. The summed E-state index contributed by atoms with van der Waals surface area (Å²) in [6.45, 7) is 1.91. The van der Waals surface area contributed by atoms with Crippen molar-refractivity contribution in [3.63, 3.8) is 0 Å². The molecule has 7 heteroatoms. The molecule has 5 nitrogen and oxygen atoms in total. The third-order valence-electron chi connectivity index (χ3n) is 3.04. The van der Waals surface area contributed by atoms with Crippen molar-refractivity contribution < 1.29 is 12.8 Å². The van der Waals surface area contributed by atoms with Crippen LogP contribution in [0.25, 0.3) is 0 Å². The Hall–Kier alpha value is -1.18. The third-order valence-corrected chi connectivity index (χ3v) is 5.41. The summed E-state index contributed by atoms with van der Waals surface area (Å²) >= 11 is 1.50. The van der Waals surface area contributed by atoms with Gasteiger partial charge in [0.15, 0.2) is 0 Å². The fraction of sp³-hybridized carbons (Fsp3) is 0.417. The molecular formula is C12H14N2O3S2. The average Bonchev–Trinajstić information content (AvgIpc) is 2.88. The second-order valence-corrected chi connectivity index (χ2v) is 7.23. The highest BCUT2D eigenvalue weighted by molar-refractivity contribution is 7.89. The SMILES string of the molecule is Cc1csc(C(NS(=O)(=O)c2ccco2)C2CC2)n1. The van der Waals surface area contributed by atoms with E-state index in [1.54, 1.807) is 6.07 Å². The summed E-state index contributed by atoms with van der Waals surface area (Å²) in [6, 6.07) is 2.77. The molecule has 0 spiro atoms. The van der Waals surface area contributed by atoms with Crippen LogP contribution in [0, 0.1) is 12.8 Å². The van der Waals surface area contributed by atoms with Crippen LogP contribution in [0.2, 0.25) is 0 Å². The van der Waals surface area contributed by atoms with Crippen molar-refractivity contribution in [2.24, 2.45) is 5.92 Å². The Morgan fingerprint density at radius 2 is 2.32 bits per heavy atom. The molecule has 1 saturated carbocycles. The number of aromatic nitrogens is 1. The molecule has 0 aliphatic heterocycles. The van der Waals surface area contributed by atoms with Crippen molar-refractivity contribution in [1.29, 1.82) is 0 Å². The van der Waals surface area contributed by atoms with Gasteiger partial charge in [-0.1, -0.05) is 0 Å². The molecule has 0 saturated heterocycles. The fourth-order valence-electron chi connectivity index (χ4n) is 1.93. The van der Waals surface area contributed by atoms with Crippen LogP contribution in [-0.2, 0) is 10.0 Å². The molecule has 0 aromatic carbocycles. The van der Waals surface area contributed by atoms with E-state index in [1.165, 1.54) is 23.7 Å². The molecule has 0 amide bonds. The monoisotopic (exact) mass is 298 g/mol. The smallest absolute Gasteiger partial charge is 0.274 e. The summed E-state index contributed by atoms with van der Waals surface area (Å²) in [5.41, 5.74) is 0.919. The summed E-state index contributed by atoms with van der Waals surface area (Å²) in [4.78, 5) is 4.40. The molecule has 0 radical (unpaired) electrons. The van der Waals surface area contributed by atoms with Crippen molar-refractivity contribution in [3.05, 3.63) is 34.5 Å². The normalized spacial score (nSPS) is 17.5.